The lowest BCUT2D eigenvalue weighted by Gasteiger charge is -1.94. The van der Waals surface area contributed by atoms with Crippen molar-refractivity contribution in [3.05, 3.63) is 13.2 Å². The lowest BCUT2D eigenvalue weighted by Crippen LogP contribution is -1.97. The summed E-state index contributed by atoms with van der Waals surface area (Å²) < 4.78 is 9.86. The van der Waals surface area contributed by atoms with E-state index < -0.39 is 0 Å². The molecule has 8 heavy (non-hydrogen) atoms. The van der Waals surface area contributed by atoms with E-state index in [1.807, 2.05) is 6.92 Å². The molecular weight excluding hydrogens is 104 g/mol. The van der Waals surface area contributed by atoms with E-state index in [9.17, 15) is 0 Å². The highest BCUT2D eigenvalue weighted by molar-refractivity contribution is 4.40. The largest absolute Gasteiger partial charge is 0.351 e. The maximum atomic E-state index is 4.93. The molecule has 0 aromatic rings. The summed E-state index contributed by atoms with van der Waals surface area (Å²) in [7, 11) is 0. The lowest BCUT2D eigenvalue weighted by molar-refractivity contribution is -0.0254. The summed E-state index contributed by atoms with van der Waals surface area (Å²) in [5.41, 5.74) is 0. The van der Waals surface area contributed by atoms with Gasteiger partial charge in [-0.2, -0.15) is 0 Å². The Balaban J connectivity index is 0.000000222. The van der Waals surface area contributed by atoms with Crippen LogP contribution < -0.4 is 0 Å². The molecule has 0 spiro atoms. The molecule has 1 heterocycles. The van der Waals surface area contributed by atoms with E-state index in [1.54, 1.807) is 0 Å². The molecule has 0 aromatic carbocycles. The van der Waals surface area contributed by atoms with Crippen LogP contribution in [0.3, 0.4) is 0 Å². The first-order chi connectivity index (χ1) is 3.89. The van der Waals surface area contributed by atoms with Gasteiger partial charge < -0.3 is 9.47 Å². The summed E-state index contributed by atoms with van der Waals surface area (Å²) in [6, 6.07) is 0. The minimum Gasteiger partial charge on any atom is -0.351 e. The topological polar surface area (TPSA) is 18.5 Å². The van der Waals surface area contributed by atoms with Gasteiger partial charge in [0.25, 0.3) is 0 Å². The third kappa shape index (κ3) is 2.77. The van der Waals surface area contributed by atoms with Crippen LogP contribution in [0.25, 0.3) is 0 Å². The summed E-state index contributed by atoms with van der Waals surface area (Å²) in [4.78, 5) is 0. The zero-order valence-electron chi connectivity index (χ0n) is 5.22. The van der Waals surface area contributed by atoms with Gasteiger partial charge in [0, 0.05) is 0 Å². The van der Waals surface area contributed by atoms with Crippen molar-refractivity contribution in [3.8, 4) is 0 Å². The molecule has 1 fully saturated rings. The summed E-state index contributed by atoms with van der Waals surface area (Å²) in [6.07, 6.45) is 0.0463. The fourth-order valence-electron chi connectivity index (χ4n) is 0.476. The predicted octanol–water partition coefficient (Wildman–Crippen LogP) is 1.18. The van der Waals surface area contributed by atoms with E-state index in [-0.39, 0.29) is 6.29 Å². The summed E-state index contributed by atoms with van der Waals surface area (Å²) >= 11 is 0. The van der Waals surface area contributed by atoms with E-state index in [4.69, 9.17) is 9.47 Å². The van der Waals surface area contributed by atoms with Crippen LogP contribution in [0, 0.1) is 0 Å². The van der Waals surface area contributed by atoms with E-state index in [2.05, 4.69) is 13.2 Å². The Bertz CT molecular complexity index is 48.5. The smallest absolute Gasteiger partial charge is 0.155 e. The highest BCUT2D eigenvalue weighted by Gasteiger charge is 2.07. The minimum atomic E-state index is 0.0463. The fraction of sp³-hybridized carbons (Fsp3) is 0.667. The first-order valence-electron chi connectivity index (χ1n) is 2.63. The normalized spacial score (nSPS) is 19.6. The summed E-state index contributed by atoms with van der Waals surface area (Å²) in [6.45, 7) is 9.43. The van der Waals surface area contributed by atoms with Crippen LogP contribution in [0.5, 0.6) is 0 Å². The van der Waals surface area contributed by atoms with Gasteiger partial charge in [-0.25, -0.2) is 0 Å². The molecule has 0 unspecified atom stereocenters. The van der Waals surface area contributed by atoms with Gasteiger partial charge >= 0.3 is 0 Å². The van der Waals surface area contributed by atoms with Crippen molar-refractivity contribution in [1.29, 1.82) is 0 Å². The van der Waals surface area contributed by atoms with E-state index in [0.717, 1.165) is 13.2 Å². The quantitative estimate of drug-likeness (QED) is 0.442. The van der Waals surface area contributed by atoms with Crippen LogP contribution in [0.15, 0.2) is 13.2 Å². The average molecular weight is 116 g/mol. The van der Waals surface area contributed by atoms with Gasteiger partial charge in [0.05, 0.1) is 13.2 Å². The van der Waals surface area contributed by atoms with Crippen LogP contribution in [-0.4, -0.2) is 19.5 Å². The average Bonchev–Trinajstić information content (AvgIpc) is 2.24. The van der Waals surface area contributed by atoms with Crippen molar-refractivity contribution in [3.63, 3.8) is 0 Å². The summed E-state index contributed by atoms with van der Waals surface area (Å²) in [5.74, 6) is 0. The molecule has 1 saturated heterocycles. The molecule has 0 saturated carbocycles. The van der Waals surface area contributed by atoms with Crippen LogP contribution in [0.2, 0.25) is 0 Å². The van der Waals surface area contributed by atoms with Crippen molar-refractivity contribution in [2.24, 2.45) is 0 Å². The first kappa shape index (κ1) is 7.66. The Kier molecular flexibility index (Phi) is 4.61. The van der Waals surface area contributed by atoms with Crippen LogP contribution in [0.4, 0.5) is 0 Å². The molecule has 0 atom stereocenters. The molecule has 48 valence electrons. The predicted molar refractivity (Wildman–Crippen MR) is 32.6 cm³/mol. The molecule has 1 rings (SSSR count). The molecule has 2 nitrogen and oxygen atoms in total. The molecule has 0 bridgehead atoms. The second-order valence-electron chi connectivity index (χ2n) is 1.31. The van der Waals surface area contributed by atoms with Crippen molar-refractivity contribution < 1.29 is 9.47 Å². The Labute approximate surface area is 50.1 Å². The Hall–Kier alpha value is -0.340. The molecule has 1 aliphatic rings. The van der Waals surface area contributed by atoms with Crippen LogP contribution in [0.1, 0.15) is 6.92 Å². The molecule has 0 amide bonds. The molecule has 0 N–H and O–H groups in total. The molecule has 0 aromatic heterocycles. The van der Waals surface area contributed by atoms with Crippen molar-refractivity contribution in [1.82, 2.24) is 0 Å². The van der Waals surface area contributed by atoms with Crippen LogP contribution in [-0.2, 0) is 9.47 Å². The van der Waals surface area contributed by atoms with Gasteiger partial charge in [-0.15, -0.1) is 13.2 Å². The molecule has 2 heteroatoms. The van der Waals surface area contributed by atoms with Gasteiger partial charge in [-0.1, -0.05) is 0 Å². The monoisotopic (exact) mass is 116 g/mol. The molecule has 0 radical (unpaired) electrons. The molecule has 1 aliphatic heterocycles. The maximum Gasteiger partial charge on any atom is 0.155 e. The number of hydrogen-bond acceptors (Lipinski definition) is 2. The van der Waals surface area contributed by atoms with Gasteiger partial charge in [0.15, 0.2) is 6.29 Å². The standard InChI is InChI=1S/C4H8O2.C2H4/c1-4-5-2-3-6-4;1-2/h4H,2-3H2,1H3;1-2H2. The maximum absolute atomic E-state index is 4.93. The molecule has 0 aliphatic carbocycles. The second-order valence-corrected chi connectivity index (χ2v) is 1.31. The fourth-order valence-corrected chi connectivity index (χ4v) is 0.476. The highest BCUT2D eigenvalue weighted by atomic mass is 16.7. The van der Waals surface area contributed by atoms with Crippen molar-refractivity contribution in [2.45, 2.75) is 13.2 Å². The van der Waals surface area contributed by atoms with E-state index in [1.165, 1.54) is 0 Å². The Morgan fingerprint density at radius 2 is 1.62 bits per heavy atom. The zero-order chi connectivity index (χ0) is 6.41. The van der Waals surface area contributed by atoms with Crippen LogP contribution >= 0.6 is 0 Å². The Morgan fingerprint density at radius 3 is 1.75 bits per heavy atom. The minimum absolute atomic E-state index is 0.0463. The van der Waals surface area contributed by atoms with E-state index >= 15 is 0 Å². The number of rotatable bonds is 0. The third-order valence-corrected chi connectivity index (χ3v) is 0.788. The van der Waals surface area contributed by atoms with Gasteiger partial charge in [0.2, 0.25) is 0 Å². The van der Waals surface area contributed by atoms with Gasteiger partial charge in [-0.05, 0) is 6.92 Å². The first-order valence-corrected chi connectivity index (χ1v) is 2.63. The highest BCUT2D eigenvalue weighted by Crippen LogP contribution is 1.99. The zero-order valence-corrected chi connectivity index (χ0v) is 5.22. The lowest BCUT2D eigenvalue weighted by atomic mass is 10.8. The second kappa shape index (κ2) is 4.81. The summed E-state index contributed by atoms with van der Waals surface area (Å²) in [5, 5.41) is 0. The number of ether oxygens (including phenoxy) is 2. The number of hydrogen-bond donors (Lipinski definition) is 0. The third-order valence-electron chi connectivity index (χ3n) is 0.788. The van der Waals surface area contributed by atoms with E-state index in [0.29, 0.717) is 0 Å². The molecular formula is C6H12O2. The SMILES string of the molecule is C=C.CC1OCCO1. The van der Waals surface area contributed by atoms with Crippen molar-refractivity contribution >= 4 is 0 Å². The Morgan fingerprint density at radius 1 is 1.25 bits per heavy atom. The van der Waals surface area contributed by atoms with Gasteiger partial charge in [-0.3, -0.25) is 0 Å². The van der Waals surface area contributed by atoms with Gasteiger partial charge in [0.1, 0.15) is 0 Å². The van der Waals surface area contributed by atoms with Crippen molar-refractivity contribution in [2.75, 3.05) is 13.2 Å².